The van der Waals surface area contributed by atoms with Crippen LogP contribution in [0.3, 0.4) is 0 Å². The maximum absolute atomic E-state index is 13.1. The van der Waals surface area contributed by atoms with Crippen LogP contribution < -0.4 is 0 Å². The smallest absolute Gasteiger partial charge is 0.225 e. The molecule has 0 spiro atoms. The van der Waals surface area contributed by atoms with E-state index in [0.717, 1.165) is 31.4 Å². The van der Waals surface area contributed by atoms with Crippen LogP contribution >= 0.6 is 11.6 Å². The minimum Gasteiger partial charge on any atom is -0.358 e. The van der Waals surface area contributed by atoms with Crippen molar-refractivity contribution < 1.29 is 9.13 Å². The van der Waals surface area contributed by atoms with Crippen molar-refractivity contribution in [3.63, 3.8) is 0 Å². The van der Waals surface area contributed by atoms with E-state index in [0.29, 0.717) is 16.9 Å². The van der Waals surface area contributed by atoms with E-state index in [2.05, 4.69) is 15.0 Å². The van der Waals surface area contributed by atoms with E-state index in [1.165, 1.54) is 12.1 Å². The highest BCUT2D eigenvalue weighted by molar-refractivity contribution is 6.28. The first-order chi connectivity index (χ1) is 11.2. The second-order valence-electron chi connectivity index (χ2n) is 5.49. The maximum Gasteiger partial charge on any atom is 0.225 e. The number of nitrogens with zero attached hydrogens (tertiary/aromatic N) is 4. The number of halogens is 2. The van der Waals surface area contributed by atoms with Gasteiger partial charge in [0.05, 0.1) is 6.33 Å². The molecule has 118 valence electrons. The summed E-state index contributed by atoms with van der Waals surface area (Å²) in [5.41, 5.74) is 2.61. The van der Waals surface area contributed by atoms with Gasteiger partial charge >= 0.3 is 0 Å². The highest BCUT2D eigenvalue weighted by atomic mass is 35.5. The van der Waals surface area contributed by atoms with Crippen molar-refractivity contribution >= 4 is 22.8 Å². The maximum atomic E-state index is 13.1. The highest BCUT2D eigenvalue weighted by Crippen LogP contribution is 2.30. The summed E-state index contributed by atoms with van der Waals surface area (Å²) in [5.74, 6) is -0.300. The third-order valence-corrected chi connectivity index (χ3v) is 4.15. The lowest BCUT2D eigenvalue weighted by Gasteiger charge is -2.23. The Morgan fingerprint density at radius 2 is 2.00 bits per heavy atom. The van der Waals surface area contributed by atoms with Gasteiger partial charge in [-0.3, -0.25) is 4.57 Å². The molecule has 1 unspecified atom stereocenters. The van der Waals surface area contributed by atoms with Gasteiger partial charge in [-0.1, -0.05) is 0 Å². The van der Waals surface area contributed by atoms with Gasteiger partial charge in [0.2, 0.25) is 5.28 Å². The number of rotatable bonds is 2. The van der Waals surface area contributed by atoms with Crippen LogP contribution in [-0.4, -0.2) is 26.1 Å². The normalized spacial score (nSPS) is 18.4. The van der Waals surface area contributed by atoms with E-state index in [1.54, 1.807) is 18.5 Å². The van der Waals surface area contributed by atoms with Crippen LogP contribution in [0, 0.1) is 5.82 Å². The Balaban J connectivity index is 1.86. The largest absolute Gasteiger partial charge is 0.358 e. The van der Waals surface area contributed by atoms with Crippen molar-refractivity contribution in [3.05, 3.63) is 41.7 Å². The molecule has 1 aliphatic heterocycles. The predicted molar refractivity (Wildman–Crippen MR) is 84.6 cm³/mol. The van der Waals surface area contributed by atoms with Gasteiger partial charge < -0.3 is 4.74 Å². The van der Waals surface area contributed by atoms with Crippen molar-refractivity contribution in [2.45, 2.75) is 25.5 Å². The fraction of sp³-hybridized carbons (Fsp3) is 0.312. The molecule has 1 atom stereocenters. The Morgan fingerprint density at radius 3 is 2.74 bits per heavy atom. The molecule has 2 aromatic heterocycles. The Bertz CT molecular complexity index is 843. The van der Waals surface area contributed by atoms with Crippen molar-refractivity contribution in [1.82, 2.24) is 19.5 Å². The Kier molecular flexibility index (Phi) is 3.71. The summed E-state index contributed by atoms with van der Waals surface area (Å²) in [4.78, 5) is 13.0. The summed E-state index contributed by atoms with van der Waals surface area (Å²) in [6.07, 6.45) is 4.71. The quantitative estimate of drug-likeness (QED) is 0.666. The molecule has 0 amide bonds. The van der Waals surface area contributed by atoms with Gasteiger partial charge in [0.15, 0.2) is 5.65 Å². The van der Waals surface area contributed by atoms with Gasteiger partial charge in [0.1, 0.15) is 23.3 Å². The molecular weight excluding hydrogens is 319 g/mol. The average molecular weight is 333 g/mol. The van der Waals surface area contributed by atoms with Crippen LogP contribution in [0.15, 0.2) is 30.6 Å². The van der Waals surface area contributed by atoms with Gasteiger partial charge in [-0.2, -0.15) is 4.98 Å². The van der Waals surface area contributed by atoms with Crippen molar-refractivity contribution in [3.8, 4) is 11.3 Å². The third-order valence-electron chi connectivity index (χ3n) is 3.98. The number of imidazole rings is 1. The van der Waals surface area contributed by atoms with Crippen LogP contribution in [0.25, 0.3) is 22.4 Å². The molecule has 23 heavy (non-hydrogen) atoms. The molecule has 1 aliphatic rings. The number of ether oxygens (including phenoxy) is 1. The number of aromatic nitrogens is 4. The number of benzene rings is 1. The Morgan fingerprint density at radius 1 is 1.17 bits per heavy atom. The van der Waals surface area contributed by atoms with Crippen LogP contribution in [0.4, 0.5) is 4.39 Å². The lowest BCUT2D eigenvalue weighted by Crippen LogP contribution is -2.17. The Labute approximate surface area is 137 Å². The zero-order chi connectivity index (χ0) is 15.8. The molecule has 3 aromatic rings. The summed E-state index contributed by atoms with van der Waals surface area (Å²) in [6.45, 7) is 0.730. The second kappa shape index (κ2) is 5.86. The molecule has 7 heteroatoms. The molecule has 0 aliphatic carbocycles. The molecule has 4 rings (SSSR count). The Hall–Kier alpha value is -2.05. The zero-order valence-electron chi connectivity index (χ0n) is 12.2. The molecular formula is C16H14ClFN4O. The van der Waals surface area contributed by atoms with Gasteiger partial charge in [0.25, 0.3) is 0 Å². The van der Waals surface area contributed by atoms with Gasteiger partial charge in [0, 0.05) is 12.2 Å². The fourth-order valence-electron chi connectivity index (χ4n) is 2.85. The van der Waals surface area contributed by atoms with Crippen molar-refractivity contribution in [2.24, 2.45) is 0 Å². The van der Waals surface area contributed by atoms with Gasteiger partial charge in [-0.05, 0) is 55.1 Å². The number of fused-ring (bicyclic) bond motifs is 1. The molecule has 0 bridgehead atoms. The van der Waals surface area contributed by atoms with E-state index >= 15 is 0 Å². The molecule has 3 heterocycles. The highest BCUT2D eigenvalue weighted by Gasteiger charge is 2.21. The van der Waals surface area contributed by atoms with E-state index in [9.17, 15) is 4.39 Å². The molecule has 5 nitrogen and oxygen atoms in total. The van der Waals surface area contributed by atoms with Crippen molar-refractivity contribution in [2.75, 3.05) is 6.61 Å². The van der Waals surface area contributed by atoms with Crippen LogP contribution in [0.5, 0.6) is 0 Å². The number of hydrogen-bond donors (Lipinski definition) is 0. The van der Waals surface area contributed by atoms with Crippen molar-refractivity contribution in [1.29, 1.82) is 0 Å². The summed E-state index contributed by atoms with van der Waals surface area (Å²) in [5, 5.41) is 0.134. The number of hydrogen-bond acceptors (Lipinski definition) is 4. The monoisotopic (exact) mass is 332 g/mol. The van der Waals surface area contributed by atoms with Crippen LogP contribution in [0.2, 0.25) is 5.28 Å². The minimum atomic E-state index is -0.300. The summed E-state index contributed by atoms with van der Waals surface area (Å²) in [6, 6.07) is 6.09. The first-order valence-corrected chi connectivity index (χ1v) is 7.88. The predicted octanol–water partition coefficient (Wildman–Crippen LogP) is 3.98. The van der Waals surface area contributed by atoms with Gasteiger partial charge in [-0.25, -0.2) is 14.4 Å². The first kappa shape index (κ1) is 14.5. The fourth-order valence-corrected chi connectivity index (χ4v) is 3.02. The lowest BCUT2D eigenvalue weighted by atomic mass is 10.1. The lowest BCUT2D eigenvalue weighted by molar-refractivity contribution is -0.0298. The van der Waals surface area contributed by atoms with Crippen LogP contribution in [-0.2, 0) is 4.74 Å². The van der Waals surface area contributed by atoms with Crippen LogP contribution in [0.1, 0.15) is 25.5 Å². The molecule has 0 N–H and O–H groups in total. The summed E-state index contributed by atoms with van der Waals surface area (Å²) in [7, 11) is 0. The average Bonchev–Trinajstić information content (AvgIpc) is 2.99. The molecule has 1 aromatic carbocycles. The van der Waals surface area contributed by atoms with E-state index < -0.39 is 0 Å². The molecule has 1 saturated heterocycles. The second-order valence-corrected chi connectivity index (χ2v) is 5.83. The summed E-state index contributed by atoms with van der Waals surface area (Å²) < 4.78 is 20.8. The molecule has 1 fully saturated rings. The zero-order valence-corrected chi connectivity index (χ0v) is 13.0. The van der Waals surface area contributed by atoms with Gasteiger partial charge in [-0.15, -0.1) is 0 Å². The third kappa shape index (κ3) is 2.68. The molecule has 0 saturated carbocycles. The standard InChI is InChI=1S/C16H14ClFN4O/c17-16-20-13(10-4-6-11(18)7-5-10)14-15(21-16)22(9-19-14)12-3-1-2-8-23-12/h4-7,9,12H,1-3,8H2. The van der Waals surface area contributed by atoms with E-state index in [4.69, 9.17) is 16.3 Å². The SMILES string of the molecule is Fc1ccc(-c2nc(Cl)nc3c2ncn3C2CCCCO2)cc1. The van der Waals surface area contributed by atoms with E-state index in [1.807, 2.05) is 4.57 Å². The minimum absolute atomic E-state index is 0.0826. The topological polar surface area (TPSA) is 52.8 Å². The first-order valence-electron chi connectivity index (χ1n) is 7.50. The van der Waals surface area contributed by atoms with E-state index in [-0.39, 0.29) is 17.3 Å². The molecule has 0 radical (unpaired) electrons. The summed E-state index contributed by atoms with van der Waals surface area (Å²) >= 11 is 6.09.